The Morgan fingerprint density at radius 1 is 1.17 bits per heavy atom. The third kappa shape index (κ3) is 2.23. The molecule has 1 aromatic carbocycles. The second-order valence-corrected chi connectivity index (χ2v) is 6.79. The van der Waals surface area contributed by atoms with Gasteiger partial charge >= 0.3 is 0 Å². The molecule has 24 heavy (non-hydrogen) atoms. The van der Waals surface area contributed by atoms with Crippen LogP contribution in [0, 0.1) is 5.92 Å². The number of hydrogen-bond acceptors (Lipinski definition) is 6. The van der Waals surface area contributed by atoms with E-state index in [9.17, 15) is 4.79 Å². The quantitative estimate of drug-likeness (QED) is 0.935. The highest BCUT2D eigenvalue weighted by Crippen LogP contribution is 2.31. The minimum absolute atomic E-state index is 0.324. The Kier molecular flexibility index (Phi) is 3.17. The smallest absolute Gasteiger partial charge is 0.296 e. The summed E-state index contributed by atoms with van der Waals surface area (Å²) in [6, 6.07) is 5.99. The SMILES string of the molecule is O=C1N=Nc2nc(CNC3CN4CCC3CC4)nc3cccc1c23. The number of rotatable bonds is 3. The third-order valence-corrected chi connectivity index (χ3v) is 5.40. The Morgan fingerprint density at radius 2 is 2.04 bits per heavy atom. The molecule has 2 bridgehead atoms. The first-order chi connectivity index (χ1) is 11.8. The van der Waals surface area contributed by atoms with Crippen LogP contribution in [0.2, 0.25) is 0 Å². The molecule has 1 unspecified atom stereocenters. The number of carbonyl (C=O) groups excluding carboxylic acids is 1. The van der Waals surface area contributed by atoms with Gasteiger partial charge in [-0.25, -0.2) is 9.97 Å². The maximum atomic E-state index is 11.8. The van der Waals surface area contributed by atoms with Crippen LogP contribution < -0.4 is 5.32 Å². The van der Waals surface area contributed by atoms with Crippen LogP contribution in [0.4, 0.5) is 5.82 Å². The molecule has 1 N–H and O–H groups in total. The van der Waals surface area contributed by atoms with Crippen molar-refractivity contribution >= 4 is 22.6 Å². The summed E-state index contributed by atoms with van der Waals surface area (Å²) in [6.07, 6.45) is 2.56. The van der Waals surface area contributed by atoms with Crippen LogP contribution in [0.5, 0.6) is 0 Å². The van der Waals surface area contributed by atoms with Crippen molar-refractivity contribution in [3.8, 4) is 0 Å². The van der Waals surface area contributed by atoms with Gasteiger partial charge in [0.25, 0.3) is 5.91 Å². The lowest BCUT2D eigenvalue weighted by Gasteiger charge is -2.45. The fraction of sp³-hybridized carbons (Fsp3) is 0.471. The topological polar surface area (TPSA) is 82.8 Å². The molecule has 5 heterocycles. The lowest BCUT2D eigenvalue weighted by atomic mass is 9.84. The van der Waals surface area contributed by atoms with Gasteiger partial charge in [-0.1, -0.05) is 6.07 Å². The summed E-state index contributed by atoms with van der Waals surface area (Å²) in [6.45, 7) is 4.20. The highest BCUT2D eigenvalue weighted by Gasteiger charge is 2.33. The van der Waals surface area contributed by atoms with E-state index in [0.29, 0.717) is 35.2 Å². The van der Waals surface area contributed by atoms with Gasteiger partial charge in [0, 0.05) is 12.6 Å². The summed E-state index contributed by atoms with van der Waals surface area (Å²) >= 11 is 0. The van der Waals surface area contributed by atoms with Crippen LogP contribution in [0.1, 0.15) is 29.0 Å². The first-order valence-corrected chi connectivity index (χ1v) is 8.49. The number of fused-ring (bicyclic) bond motifs is 3. The van der Waals surface area contributed by atoms with Gasteiger partial charge in [-0.05, 0) is 44.0 Å². The Balaban J connectivity index is 1.42. The van der Waals surface area contributed by atoms with Crippen molar-refractivity contribution in [3.05, 3.63) is 29.6 Å². The second-order valence-electron chi connectivity index (χ2n) is 6.79. The monoisotopic (exact) mass is 322 g/mol. The Labute approximate surface area is 139 Å². The van der Waals surface area contributed by atoms with Crippen LogP contribution in [0.25, 0.3) is 10.9 Å². The molecule has 0 spiro atoms. The lowest BCUT2D eigenvalue weighted by Crippen LogP contribution is -2.55. The Morgan fingerprint density at radius 3 is 2.83 bits per heavy atom. The lowest BCUT2D eigenvalue weighted by molar-refractivity contribution is 0.0717. The molecular weight excluding hydrogens is 304 g/mol. The van der Waals surface area contributed by atoms with Gasteiger partial charge in [0.05, 0.1) is 23.0 Å². The fourth-order valence-corrected chi connectivity index (χ4v) is 4.11. The van der Waals surface area contributed by atoms with Crippen LogP contribution in [-0.2, 0) is 6.54 Å². The molecule has 4 aliphatic heterocycles. The van der Waals surface area contributed by atoms with Gasteiger partial charge in [-0.15, -0.1) is 10.2 Å². The van der Waals surface area contributed by atoms with Crippen LogP contribution in [0.3, 0.4) is 0 Å². The minimum atomic E-state index is -0.324. The van der Waals surface area contributed by atoms with E-state index in [0.717, 1.165) is 18.0 Å². The summed E-state index contributed by atoms with van der Waals surface area (Å²) in [4.78, 5) is 23.5. The maximum Gasteiger partial charge on any atom is 0.296 e. The molecule has 1 amide bonds. The molecule has 0 saturated carbocycles. The third-order valence-electron chi connectivity index (χ3n) is 5.40. The van der Waals surface area contributed by atoms with E-state index in [2.05, 4.69) is 30.4 Å². The molecule has 3 fully saturated rings. The van der Waals surface area contributed by atoms with Gasteiger partial charge in [0.15, 0.2) is 5.82 Å². The first kappa shape index (κ1) is 14.1. The molecule has 3 saturated heterocycles. The molecule has 1 atom stereocenters. The van der Waals surface area contributed by atoms with E-state index in [1.807, 2.05) is 12.1 Å². The highest BCUT2D eigenvalue weighted by molar-refractivity contribution is 6.11. The van der Waals surface area contributed by atoms with Gasteiger partial charge in [-0.2, -0.15) is 0 Å². The van der Waals surface area contributed by atoms with Gasteiger partial charge in [-0.3, -0.25) is 4.79 Å². The van der Waals surface area contributed by atoms with Gasteiger partial charge in [0.2, 0.25) is 0 Å². The summed E-state index contributed by atoms with van der Waals surface area (Å²) in [7, 11) is 0. The molecule has 0 radical (unpaired) electrons. The number of nitrogens with one attached hydrogen (secondary N) is 1. The van der Waals surface area contributed by atoms with Gasteiger partial charge in [0.1, 0.15) is 5.82 Å². The molecule has 1 aromatic heterocycles. The number of benzene rings is 1. The van der Waals surface area contributed by atoms with E-state index >= 15 is 0 Å². The summed E-state index contributed by atoms with van der Waals surface area (Å²) < 4.78 is 0. The predicted molar refractivity (Wildman–Crippen MR) is 88.2 cm³/mol. The van der Waals surface area contributed by atoms with E-state index in [4.69, 9.17) is 0 Å². The van der Waals surface area contributed by atoms with Crippen LogP contribution >= 0.6 is 0 Å². The van der Waals surface area contributed by atoms with Crippen molar-refractivity contribution in [2.45, 2.75) is 25.4 Å². The standard InChI is InChI=1S/C17H18N6O/c24-17-11-2-1-3-12-15(11)16(21-22-17)20-14(19-12)8-18-13-9-23-6-4-10(13)5-7-23/h1-3,10,13,18H,4-9H2. The van der Waals surface area contributed by atoms with E-state index in [1.54, 1.807) is 6.07 Å². The average molecular weight is 322 g/mol. The zero-order valence-corrected chi connectivity index (χ0v) is 13.3. The van der Waals surface area contributed by atoms with E-state index in [-0.39, 0.29) is 5.91 Å². The fourth-order valence-electron chi connectivity index (χ4n) is 4.11. The summed E-state index contributed by atoms with van der Waals surface area (Å²) in [5, 5.41) is 12.0. The van der Waals surface area contributed by atoms with Crippen LogP contribution in [-0.4, -0.2) is 46.5 Å². The number of carbonyl (C=O) groups is 1. The molecule has 2 aromatic rings. The van der Waals surface area contributed by atoms with Crippen molar-refractivity contribution in [3.63, 3.8) is 0 Å². The van der Waals surface area contributed by atoms with Crippen molar-refractivity contribution < 1.29 is 4.79 Å². The number of hydrogen-bond donors (Lipinski definition) is 1. The van der Waals surface area contributed by atoms with Crippen molar-refractivity contribution in [1.29, 1.82) is 0 Å². The molecule has 7 heteroatoms. The normalized spacial score (nSPS) is 27.8. The second kappa shape index (κ2) is 5.39. The van der Waals surface area contributed by atoms with Crippen molar-refractivity contribution in [2.75, 3.05) is 19.6 Å². The number of nitrogens with zero attached hydrogens (tertiary/aromatic N) is 5. The number of piperidine rings is 3. The zero-order valence-electron chi connectivity index (χ0n) is 13.3. The average Bonchev–Trinajstić information content (AvgIpc) is 2.64. The minimum Gasteiger partial charge on any atom is -0.305 e. The molecule has 4 aliphatic rings. The zero-order chi connectivity index (χ0) is 16.1. The first-order valence-electron chi connectivity index (χ1n) is 8.49. The highest BCUT2D eigenvalue weighted by atomic mass is 16.1. The van der Waals surface area contributed by atoms with Gasteiger partial charge < -0.3 is 10.2 Å². The predicted octanol–water partition coefficient (Wildman–Crippen LogP) is 2.05. The summed E-state index contributed by atoms with van der Waals surface area (Å²) in [5.41, 5.74) is 1.30. The van der Waals surface area contributed by atoms with Crippen molar-refractivity contribution in [1.82, 2.24) is 20.2 Å². The molecule has 0 aliphatic carbocycles. The number of aromatic nitrogens is 2. The maximum absolute atomic E-state index is 11.8. The number of amides is 1. The molecule has 6 rings (SSSR count). The van der Waals surface area contributed by atoms with Crippen molar-refractivity contribution in [2.24, 2.45) is 16.1 Å². The Bertz CT molecular complexity index is 856. The molecule has 7 nitrogen and oxygen atoms in total. The van der Waals surface area contributed by atoms with E-state index in [1.165, 1.54) is 25.9 Å². The Hall–Kier alpha value is -2.25. The molecular formula is C17H18N6O. The largest absolute Gasteiger partial charge is 0.305 e. The molecule has 122 valence electrons. The van der Waals surface area contributed by atoms with E-state index < -0.39 is 0 Å². The summed E-state index contributed by atoms with van der Waals surface area (Å²) in [5.74, 6) is 1.65. The van der Waals surface area contributed by atoms with Crippen LogP contribution in [0.15, 0.2) is 28.4 Å². The number of azo groups is 1.